The summed E-state index contributed by atoms with van der Waals surface area (Å²) in [7, 11) is 1.46. The SMILES string of the molecule is Cc1nc(SCC(=O)N(Cc2ccccc2)C(C)(C)C)c2c(=O)n(C)c(=O)n(CC(C)C)c2n1. The number of aromatic nitrogens is 4. The number of aryl methyl sites for hydroxylation is 1. The van der Waals surface area contributed by atoms with Gasteiger partial charge in [-0.2, -0.15) is 0 Å². The fourth-order valence-electron chi connectivity index (χ4n) is 3.75. The number of hydrogen-bond donors (Lipinski definition) is 0. The number of carbonyl (C=O) groups is 1. The molecule has 3 aromatic rings. The van der Waals surface area contributed by atoms with Gasteiger partial charge in [0.1, 0.15) is 16.2 Å². The number of carbonyl (C=O) groups excluding carboxylic acids is 1. The lowest BCUT2D eigenvalue weighted by Gasteiger charge is -2.36. The van der Waals surface area contributed by atoms with E-state index in [0.717, 1.165) is 10.1 Å². The molecule has 0 radical (unpaired) electrons. The van der Waals surface area contributed by atoms with E-state index in [1.807, 2.05) is 69.9 Å². The Bertz CT molecular complexity index is 1310. The van der Waals surface area contributed by atoms with Gasteiger partial charge in [0, 0.05) is 25.7 Å². The van der Waals surface area contributed by atoms with Crippen molar-refractivity contribution in [1.29, 1.82) is 0 Å². The lowest BCUT2D eigenvalue weighted by atomic mass is 10.0. The summed E-state index contributed by atoms with van der Waals surface area (Å²) in [6, 6.07) is 9.86. The van der Waals surface area contributed by atoms with Gasteiger partial charge in [0.05, 0.1) is 5.75 Å². The van der Waals surface area contributed by atoms with E-state index < -0.39 is 11.2 Å². The third-order valence-electron chi connectivity index (χ3n) is 5.43. The van der Waals surface area contributed by atoms with E-state index >= 15 is 0 Å². The number of hydrogen-bond acceptors (Lipinski definition) is 6. The summed E-state index contributed by atoms with van der Waals surface area (Å²) < 4.78 is 2.62. The van der Waals surface area contributed by atoms with Crippen LogP contribution in [0.4, 0.5) is 0 Å². The predicted octanol–water partition coefficient (Wildman–Crippen LogP) is 3.37. The third kappa shape index (κ3) is 5.58. The summed E-state index contributed by atoms with van der Waals surface area (Å²) in [5.41, 5.74) is 0.127. The zero-order chi connectivity index (χ0) is 25.2. The van der Waals surface area contributed by atoms with E-state index in [2.05, 4.69) is 9.97 Å². The number of amides is 1. The first-order valence-electron chi connectivity index (χ1n) is 11.4. The number of nitrogens with zero attached hydrogens (tertiary/aromatic N) is 5. The molecule has 1 aromatic carbocycles. The molecule has 34 heavy (non-hydrogen) atoms. The monoisotopic (exact) mass is 483 g/mol. The quantitative estimate of drug-likeness (QED) is 0.378. The van der Waals surface area contributed by atoms with Crippen LogP contribution in [0.1, 0.15) is 46.0 Å². The second-order valence-corrected chi connectivity index (χ2v) is 10.8. The van der Waals surface area contributed by atoms with Gasteiger partial charge in [0.15, 0.2) is 5.65 Å². The minimum absolute atomic E-state index is 0.0573. The number of thioether (sulfide) groups is 1. The van der Waals surface area contributed by atoms with Crippen LogP contribution >= 0.6 is 11.8 Å². The molecule has 3 rings (SSSR count). The summed E-state index contributed by atoms with van der Waals surface area (Å²) in [6.07, 6.45) is 0. The Labute approximate surface area is 204 Å². The zero-order valence-corrected chi connectivity index (χ0v) is 21.8. The van der Waals surface area contributed by atoms with Gasteiger partial charge in [0.2, 0.25) is 5.91 Å². The molecule has 2 heterocycles. The van der Waals surface area contributed by atoms with Gasteiger partial charge in [-0.15, -0.1) is 0 Å². The summed E-state index contributed by atoms with van der Waals surface area (Å²) in [5.74, 6) is 0.689. The molecule has 0 aliphatic carbocycles. The van der Waals surface area contributed by atoms with Crippen LogP contribution in [0.15, 0.2) is 44.9 Å². The van der Waals surface area contributed by atoms with Crippen molar-refractivity contribution in [2.24, 2.45) is 13.0 Å². The highest BCUT2D eigenvalue weighted by molar-refractivity contribution is 8.00. The van der Waals surface area contributed by atoms with Gasteiger partial charge < -0.3 is 4.90 Å². The van der Waals surface area contributed by atoms with Crippen molar-refractivity contribution >= 4 is 28.7 Å². The van der Waals surface area contributed by atoms with E-state index in [1.165, 1.54) is 23.4 Å². The molecule has 0 fully saturated rings. The highest BCUT2D eigenvalue weighted by Crippen LogP contribution is 2.25. The van der Waals surface area contributed by atoms with Gasteiger partial charge in [-0.1, -0.05) is 55.9 Å². The van der Waals surface area contributed by atoms with Crippen molar-refractivity contribution in [3.63, 3.8) is 0 Å². The summed E-state index contributed by atoms with van der Waals surface area (Å²) in [5, 5.41) is 0.694. The topological polar surface area (TPSA) is 90.1 Å². The average Bonchev–Trinajstić information content (AvgIpc) is 2.76. The number of fused-ring (bicyclic) bond motifs is 1. The van der Waals surface area contributed by atoms with Crippen LogP contribution in [-0.4, -0.2) is 41.2 Å². The van der Waals surface area contributed by atoms with Gasteiger partial charge in [-0.25, -0.2) is 14.8 Å². The average molecular weight is 484 g/mol. The molecule has 182 valence electrons. The molecule has 0 saturated heterocycles. The molecule has 0 atom stereocenters. The maximum Gasteiger partial charge on any atom is 0.332 e. The normalized spacial score (nSPS) is 11.9. The van der Waals surface area contributed by atoms with Crippen molar-refractivity contribution in [3.05, 3.63) is 62.6 Å². The maximum absolute atomic E-state index is 13.3. The highest BCUT2D eigenvalue weighted by Gasteiger charge is 2.27. The van der Waals surface area contributed by atoms with Crippen molar-refractivity contribution in [2.75, 3.05) is 5.75 Å². The Hall–Kier alpha value is -2.94. The first-order chi connectivity index (χ1) is 15.9. The molecule has 0 saturated carbocycles. The summed E-state index contributed by atoms with van der Waals surface area (Å²) in [4.78, 5) is 49.9. The minimum Gasteiger partial charge on any atom is -0.333 e. The van der Waals surface area contributed by atoms with Crippen molar-refractivity contribution < 1.29 is 4.79 Å². The molecule has 0 aliphatic rings. The van der Waals surface area contributed by atoms with Crippen LogP contribution in [0.25, 0.3) is 11.0 Å². The van der Waals surface area contributed by atoms with E-state index in [4.69, 9.17) is 0 Å². The van der Waals surface area contributed by atoms with Crippen LogP contribution in [0.2, 0.25) is 0 Å². The van der Waals surface area contributed by atoms with Crippen LogP contribution in [0.5, 0.6) is 0 Å². The Morgan fingerprint density at radius 2 is 1.76 bits per heavy atom. The first kappa shape index (κ1) is 25.7. The molecule has 0 spiro atoms. The number of benzene rings is 1. The summed E-state index contributed by atoms with van der Waals surface area (Å²) >= 11 is 1.21. The largest absolute Gasteiger partial charge is 0.333 e. The fourth-order valence-corrected chi connectivity index (χ4v) is 4.68. The van der Waals surface area contributed by atoms with Gasteiger partial charge in [0.25, 0.3) is 5.56 Å². The standard InChI is InChI=1S/C25H33N5O3S/c1-16(2)13-29-21-20(23(32)28(7)24(29)33)22(27-17(3)26-21)34-15-19(31)30(25(4,5)6)14-18-11-9-8-10-12-18/h8-12,16H,13-15H2,1-7H3. The molecular weight excluding hydrogens is 450 g/mol. The van der Waals surface area contributed by atoms with E-state index in [-0.39, 0.29) is 28.5 Å². The zero-order valence-electron chi connectivity index (χ0n) is 21.0. The van der Waals surface area contributed by atoms with Gasteiger partial charge in [-0.3, -0.25) is 18.7 Å². The first-order valence-corrected chi connectivity index (χ1v) is 12.3. The van der Waals surface area contributed by atoms with Crippen molar-refractivity contribution in [2.45, 2.75) is 65.2 Å². The van der Waals surface area contributed by atoms with Gasteiger partial charge >= 0.3 is 5.69 Å². The molecule has 1 amide bonds. The lowest BCUT2D eigenvalue weighted by molar-refractivity contribution is -0.133. The minimum atomic E-state index is -0.452. The molecule has 0 aliphatic heterocycles. The molecular formula is C25H33N5O3S. The second-order valence-electron chi connectivity index (χ2n) is 9.85. The Kier molecular flexibility index (Phi) is 7.65. The van der Waals surface area contributed by atoms with Crippen LogP contribution in [0, 0.1) is 12.8 Å². The Morgan fingerprint density at radius 3 is 2.35 bits per heavy atom. The van der Waals surface area contributed by atoms with Crippen LogP contribution < -0.4 is 11.2 Å². The van der Waals surface area contributed by atoms with Crippen molar-refractivity contribution in [3.8, 4) is 0 Å². The van der Waals surface area contributed by atoms with Crippen LogP contribution in [0.3, 0.4) is 0 Å². The molecule has 0 N–H and O–H groups in total. The summed E-state index contributed by atoms with van der Waals surface area (Å²) in [6.45, 7) is 12.7. The predicted molar refractivity (Wildman–Crippen MR) is 136 cm³/mol. The van der Waals surface area contributed by atoms with Gasteiger partial charge in [-0.05, 0) is 39.2 Å². The van der Waals surface area contributed by atoms with Crippen molar-refractivity contribution in [1.82, 2.24) is 24.0 Å². The molecule has 9 heteroatoms. The molecule has 8 nitrogen and oxygen atoms in total. The lowest BCUT2D eigenvalue weighted by Crippen LogP contribution is -2.46. The van der Waals surface area contributed by atoms with E-state index in [0.29, 0.717) is 29.6 Å². The van der Waals surface area contributed by atoms with E-state index in [9.17, 15) is 14.4 Å². The highest BCUT2D eigenvalue weighted by atomic mass is 32.2. The molecule has 2 aromatic heterocycles. The third-order valence-corrected chi connectivity index (χ3v) is 6.40. The Balaban J connectivity index is 1.99. The number of rotatable bonds is 7. The van der Waals surface area contributed by atoms with Crippen LogP contribution in [-0.2, 0) is 24.9 Å². The molecule has 0 unspecified atom stereocenters. The Morgan fingerprint density at radius 1 is 1.12 bits per heavy atom. The molecule has 0 bridgehead atoms. The fraction of sp³-hybridized carbons (Fsp3) is 0.480. The van der Waals surface area contributed by atoms with E-state index in [1.54, 1.807) is 6.92 Å². The maximum atomic E-state index is 13.3. The smallest absolute Gasteiger partial charge is 0.332 e. The second kappa shape index (κ2) is 10.1.